The largest absolute Gasteiger partial charge is 0.490 e. The fourth-order valence-electron chi connectivity index (χ4n) is 4.29. The molecule has 0 fully saturated rings. The quantitative estimate of drug-likeness (QED) is 0.141. The molecule has 0 N–H and O–H groups in total. The highest BCUT2D eigenvalue weighted by molar-refractivity contribution is 5.91. The van der Waals surface area contributed by atoms with Gasteiger partial charge in [-0.15, -0.1) is 0 Å². The van der Waals surface area contributed by atoms with Gasteiger partial charge in [-0.25, -0.2) is 9.18 Å². The van der Waals surface area contributed by atoms with E-state index >= 15 is 0 Å². The third kappa shape index (κ3) is 6.94. The maximum atomic E-state index is 14.8. The number of ether oxygens (including phenoxy) is 2. The second-order valence-corrected chi connectivity index (χ2v) is 9.19. The average molecular weight is 503 g/mol. The van der Waals surface area contributed by atoms with E-state index in [0.29, 0.717) is 23.5 Å². The molecule has 0 atom stereocenters. The molecule has 0 radical (unpaired) electrons. The predicted molar refractivity (Wildman–Crippen MR) is 143 cm³/mol. The summed E-state index contributed by atoms with van der Waals surface area (Å²) in [6, 6.07) is 16.6. The van der Waals surface area contributed by atoms with Gasteiger partial charge in [0.15, 0.2) is 11.6 Å². The van der Waals surface area contributed by atoms with E-state index in [-0.39, 0.29) is 17.2 Å². The Kier molecular flexibility index (Phi) is 9.25. The maximum Gasteiger partial charge on any atom is 0.343 e. The van der Waals surface area contributed by atoms with Crippen molar-refractivity contribution in [3.63, 3.8) is 0 Å². The van der Waals surface area contributed by atoms with Crippen LogP contribution in [0.5, 0.6) is 11.5 Å². The van der Waals surface area contributed by atoms with E-state index in [1.807, 2.05) is 24.3 Å². The molecule has 0 bridgehead atoms. The van der Waals surface area contributed by atoms with Gasteiger partial charge in [-0.05, 0) is 53.9 Å². The van der Waals surface area contributed by atoms with Crippen molar-refractivity contribution in [2.24, 2.45) is 0 Å². The molecule has 37 heavy (non-hydrogen) atoms. The number of hydrogen-bond donors (Lipinski definition) is 0. The smallest absolute Gasteiger partial charge is 0.343 e. The van der Waals surface area contributed by atoms with E-state index in [0.717, 1.165) is 24.8 Å². The van der Waals surface area contributed by atoms with Crippen molar-refractivity contribution in [2.45, 2.75) is 51.4 Å². The monoisotopic (exact) mass is 502 g/mol. The van der Waals surface area contributed by atoms with Crippen LogP contribution >= 0.6 is 0 Å². The van der Waals surface area contributed by atoms with Gasteiger partial charge in [-0.3, -0.25) is 0 Å². The Morgan fingerprint density at radius 3 is 2.16 bits per heavy atom. The van der Waals surface area contributed by atoms with Crippen LogP contribution in [0.3, 0.4) is 0 Å². The Hall–Kier alpha value is -3.73. The first-order chi connectivity index (χ1) is 18.1. The van der Waals surface area contributed by atoms with Crippen LogP contribution in [0.2, 0.25) is 0 Å². The van der Waals surface area contributed by atoms with Crippen molar-refractivity contribution in [3.8, 4) is 22.6 Å². The highest BCUT2D eigenvalue weighted by Crippen LogP contribution is 2.31. The van der Waals surface area contributed by atoms with Crippen LogP contribution in [0.1, 0.15) is 67.3 Å². The number of rotatable bonds is 12. The summed E-state index contributed by atoms with van der Waals surface area (Å²) >= 11 is 0. The maximum absolute atomic E-state index is 14.8. The molecule has 0 heterocycles. The third-order valence-electron chi connectivity index (χ3n) is 6.46. The van der Waals surface area contributed by atoms with Crippen molar-refractivity contribution < 1.29 is 23.0 Å². The molecule has 1 aliphatic rings. The molecule has 5 heteroatoms. The van der Waals surface area contributed by atoms with Crippen molar-refractivity contribution in [2.75, 3.05) is 6.61 Å². The molecule has 0 unspecified atom stereocenters. The lowest BCUT2D eigenvalue weighted by Crippen LogP contribution is -2.08. The number of carbonyl (C=O) groups excluding carboxylic acids is 1. The Morgan fingerprint density at radius 2 is 1.46 bits per heavy atom. The Bertz CT molecular complexity index is 1230. The standard InChI is InChI=1S/C32H32F2O3/c1-2-3-4-5-6-9-22-36-29-21-20-28(30(33)31(29)34)25-16-18-27(19-17-25)37-32(35)26-14-12-24(13-15-26)23-10-7-8-11-23/h7-8,10-21,23H,2-6,9,22H2,1H3. The van der Waals surface area contributed by atoms with Crippen molar-refractivity contribution in [1.82, 2.24) is 0 Å². The first kappa shape index (κ1) is 26.3. The molecular formula is C32H32F2O3. The minimum atomic E-state index is -0.994. The highest BCUT2D eigenvalue weighted by Gasteiger charge is 2.17. The SMILES string of the molecule is CCCCCCCCOc1ccc(-c2ccc(OC(=O)c3ccc(C4C=CC=C4)cc3)cc2)c(F)c1F. The molecule has 4 rings (SSSR count). The van der Waals surface area contributed by atoms with E-state index in [4.69, 9.17) is 9.47 Å². The molecule has 0 spiro atoms. The minimum absolute atomic E-state index is 0.0775. The van der Waals surface area contributed by atoms with Crippen LogP contribution in [0, 0.1) is 11.6 Å². The number of unbranched alkanes of at least 4 members (excludes halogenated alkanes) is 5. The molecule has 3 aromatic carbocycles. The fraction of sp³-hybridized carbons (Fsp3) is 0.281. The first-order valence-electron chi connectivity index (χ1n) is 12.9. The summed E-state index contributed by atoms with van der Waals surface area (Å²) in [7, 11) is 0. The normalized spacial score (nSPS) is 12.7. The predicted octanol–water partition coefficient (Wildman–Crippen LogP) is 8.80. The van der Waals surface area contributed by atoms with Crippen molar-refractivity contribution in [1.29, 1.82) is 0 Å². The molecule has 1 aliphatic carbocycles. The molecule has 0 aromatic heterocycles. The van der Waals surface area contributed by atoms with Gasteiger partial charge in [0.05, 0.1) is 12.2 Å². The molecule has 3 nitrogen and oxygen atoms in total. The van der Waals surface area contributed by atoms with Gasteiger partial charge in [0.1, 0.15) is 5.75 Å². The van der Waals surface area contributed by atoms with Crippen molar-refractivity contribution in [3.05, 3.63) is 108 Å². The summed E-state index contributed by atoms with van der Waals surface area (Å²) in [6.07, 6.45) is 14.7. The summed E-state index contributed by atoms with van der Waals surface area (Å²) in [5.41, 5.74) is 2.12. The molecule has 0 saturated carbocycles. The van der Waals surface area contributed by atoms with E-state index in [9.17, 15) is 13.6 Å². The molecule has 0 amide bonds. The first-order valence-corrected chi connectivity index (χ1v) is 12.9. The van der Waals surface area contributed by atoms with Gasteiger partial charge < -0.3 is 9.47 Å². The Morgan fingerprint density at radius 1 is 0.784 bits per heavy atom. The van der Waals surface area contributed by atoms with Gasteiger partial charge >= 0.3 is 5.97 Å². The Labute approximate surface area is 217 Å². The van der Waals surface area contributed by atoms with E-state index in [1.54, 1.807) is 36.4 Å². The van der Waals surface area contributed by atoms with E-state index < -0.39 is 17.6 Å². The molecule has 0 aliphatic heterocycles. The summed E-state index contributed by atoms with van der Waals surface area (Å²) in [4.78, 5) is 12.5. The van der Waals surface area contributed by atoms with Crippen molar-refractivity contribution >= 4 is 5.97 Å². The highest BCUT2D eigenvalue weighted by atomic mass is 19.2. The topological polar surface area (TPSA) is 35.5 Å². The summed E-state index contributed by atoms with van der Waals surface area (Å²) in [5.74, 6) is -1.97. The summed E-state index contributed by atoms with van der Waals surface area (Å²) in [6.45, 7) is 2.53. The van der Waals surface area contributed by atoms with E-state index in [1.165, 1.54) is 31.4 Å². The van der Waals surface area contributed by atoms with Gasteiger partial charge in [-0.2, -0.15) is 4.39 Å². The van der Waals surface area contributed by atoms with Gasteiger partial charge in [0, 0.05) is 11.5 Å². The number of benzene rings is 3. The number of halogens is 2. The fourth-order valence-corrected chi connectivity index (χ4v) is 4.29. The van der Waals surface area contributed by atoms with Gasteiger partial charge in [0.25, 0.3) is 0 Å². The second kappa shape index (κ2) is 13.0. The lowest BCUT2D eigenvalue weighted by atomic mass is 10.00. The molecule has 192 valence electrons. The third-order valence-corrected chi connectivity index (χ3v) is 6.46. The molecular weight excluding hydrogens is 470 g/mol. The van der Waals surface area contributed by atoms with Crippen LogP contribution < -0.4 is 9.47 Å². The van der Waals surface area contributed by atoms with Crippen LogP contribution in [0.15, 0.2) is 85.0 Å². The number of esters is 1. The molecule has 3 aromatic rings. The zero-order valence-corrected chi connectivity index (χ0v) is 21.1. The van der Waals surface area contributed by atoms with Gasteiger partial charge in [-0.1, -0.05) is 87.6 Å². The van der Waals surface area contributed by atoms with Crippen LogP contribution in [-0.2, 0) is 0 Å². The summed E-state index contributed by atoms with van der Waals surface area (Å²) in [5, 5.41) is 0. The van der Waals surface area contributed by atoms with Gasteiger partial charge in [0.2, 0.25) is 5.82 Å². The average Bonchev–Trinajstić information content (AvgIpc) is 3.46. The lowest BCUT2D eigenvalue weighted by Gasteiger charge is -2.11. The Balaban J connectivity index is 1.33. The minimum Gasteiger partial charge on any atom is -0.490 e. The molecule has 0 saturated heterocycles. The zero-order chi connectivity index (χ0) is 26.0. The number of hydrogen-bond acceptors (Lipinski definition) is 3. The van der Waals surface area contributed by atoms with Crippen LogP contribution in [0.25, 0.3) is 11.1 Å². The lowest BCUT2D eigenvalue weighted by molar-refractivity contribution is 0.0734. The zero-order valence-electron chi connectivity index (χ0n) is 21.1. The number of allylic oxidation sites excluding steroid dienone is 4. The van der Waals surface area contributed by atoms with E-state index in [2.05, 4.69) is 19.1 Å². The van der Waals surface area contributed by atoms with Crippen LogP contribution in [0.4, 0.5) is 8.78 Å². The number of carbonyl (C=O) groups is 1. The van der Waals surface area contributed by atoms with Crippen LogP contribution in [-0.4, -0.2) is 12.6 Å². The second-order valence-electron chi connectivity index (χ2n) is 9.19. The summed E-state index contributed by atoms with van der Waals surface area (Å²) < 4.78 is 40.3.